The van der Waals surface area contributed by atoms with Gasteiger partial charge in [0.25, 0.3) is 5.91 Å². The summed E-state index contributed by atoms with van der Waals surface area (Å²) in [5.74, 6) is -0.245. The number of aromatic nitrogens is 1. The number of rotatable bonds is 4. The molecule has 2 aromatic rings. The van der Waals surface area contributed by atoms with Gasteiger partial charge in [0.05, 0.1) is 6.04 Å². The number of carbonyl (C=O) groups excluding carboxylic acids is 2. The molecule has 1 aliphatic carbocycles. The molecule has 0 radical (unpaired) electrons. The number of hydrogen-bond donors (Lipinski definition) is 2. The zero-order chi connectivity index (χ0) is 16.4. The maximum Gasteiger partial charge on any atom is 0.268 e. The largest absolute Gasteiger partial charge is 0.356 e. The first-order valence-corrected chi connectivity index (χ1v) is 8.16. The minimum Gasteiger partial charge on any atom is -0.356 e. The molecule has 120 valence electrons. The van der Waals surface area contributed by atoms with Gasteiger partial charge < -0.3 is 10.3 Å². The van der Waals surface area contributed by atoms with Gasteiger partial charge in [-0.05, 0) is 62.3 Å². The minimum absolute atomic E-state index is 0.0527. The van der Waals surface area contributed by atoms with Crippen LogP contribution < -0.4 is 5.32 Å². The Kier molecular flexibility index (Phi) is 4.33. The fourth-order valence-corrected chi connectivity index (χ4v) is 3.11. The number of fused-ring (bicyclic) bond motifs is 1. The number of ketones is 1. The molecule has 1 heterocycles. The van der Waals surface area contributed by atoms with Crippen LogP contribution >= 0.6 is 0 Å². The summed E-state index contributed by atoms with van der Waals surface area (Å²) in [5, 5.41) is 2.99. The van der Waals surface area contributed by atoms with Crippen molar-refractivity contribution in [1.29, 1.82) is 0 Å². The average molecular weight is 310 g/mol. The predicted molar refractivity (Wildman–Crippen MR) is 89.8 cm³/mol. The highest BCUT2D eigenvalue weighted by Gasteiger charge is 2.16. The molecule has 0 fully saturated rings. The van der Waals surface area contributed by atoms with Crippen LogP contribution in [0.25, 0.3) is 0 Å². The van der Waals surface area contributed by atoms with Crippen molar-refractivity contribution in [3.05, 3.63) is 58.4 Å². The number of nitrogens with one attached hydrogen (secondary N) is 2. The summed E-state index contributed by atoms with van der Waals surface area (Å²) in [6, 6.07) is 8.03. The third-order valence-corrected chi connectivity index (χ3v) is 4.55. The van der Waals surface area contributed by atoms with E-state index in [0.29, 0.717) is 11.3 Å². The van der Waals surface area contributed by atoms with Gasteiger partial charge in [-0.3, -0.25) is 9.59 Å². The van der Waals surface area contributed by atoms with Gasteiger partial charge in [-0.15, -0.1) is 0 Å². The number of Topliss-reactive ketones (excluding diaryl/α,β-unsaturated/α-hetero) is 1. The Hall–Kier alpha value is -2.36. The Labute approximate surface area is 136 Å². The quantitative estimate of drug-likeness (QED) is 0.848. The minimum atomic E-state index is -0.192. The second-order valence-corrected chi connectivity index (χ2v) is 6.29. The Balaban J connectivity index is 1.71. The number of amides is 1. The molecule has 23 heavy (non-hydrogen) atoms. The SMILES string of the molecule is CC(=O)c1c[nH]c(C(=O)N[C@H](C)c2ccc3c(c2)CCCC3)c1. The first-order chi connectivity index (χ1) is 11.0. The zero-order valence-corrected chi connectivity index (χ0v) is 13.6. The summed E-state index contributed by atoms with van der Waals surface area (Å²) in [5.41, 5.74) is 4.91. The van der Waals surface area contributed by atoms with Gasteiger partial charge in [0, 0.05) is 11.8 Å². The van der Waals surface area contributed by atoms with Gasteiger partial charge in [0.1, 0.15) is 5.69 Å². The first kappa shape index (κ1) is 15.5. The van der Waals surface area contributed by atoms with Crippen molar-refractivity contribution >= 4 is 11.7 Å². The molecule has 0 spiro atoms. The first-order valence-electron chi connectivity index (χ1n) is 8.16. The number of aromatic amines is 1. The number of aryl methyl sites for hydroxylation is 2. The van der Waals surface area contributed by atoms with E-state index in [1.807, 2.05) is 6.92 Å². The van der Waals surface area contributed by atoms with Crippen molar-refractivity contribution in [1.82, 2.24) is 10.3 Å². The van der Waals surface area contributed by atoms with Crippen LogP contribution in [-0.2, 0) is 12.8 Å². The van der Waals surface area contributed by atoms with Crippen molar-refractivity contribution in [2.75, 3.05) is 0 Å². The molecule has 4 heteroatoms. The van der Waals surface area contributed by atoms with Gasteiger partial charge in [-0.25, -0.2) is 0 Å². The third kappa shape index (κ3) is 3.36. The van der Waals surface area contributed by atoms with E-state index in [4.69, 9.17) is 0 Å². The lowest BCUT2D eigenvalue weighted by molar-refractivity contribution is 0.0935. The highest BCUT2D eigenvalue weighted by Crippen LogP contribution is 2.24. The van der Waals surface area contributed by atoms with Crippen LogP contribution in [0.3, 0.4) is 0 Å². The van der Waals surface area contributed by atoms with Crippen molar-refractivity contribution in [2.24, 2.45) is 0 Å². The summed E-state index contributed by atoms with van der Waals surface area (Å²) in [7, 11) is 0. The fraction of sp³-hybridized carbons (Fsp3) is 0.368. The molecule has 1 aromatic heterocycles. The second kappa shape index (κ2) is 6.41. The number of hydrogen-bond acceptors (Lipinski definition) is 2. The average Bonchev–Trinajstić information content (AvgIpc) is 3.04. The Morgan fingerprint density at radius 2 is 1.87 bits per heavy atom. The van der Waals surface area contributed by atoms with Gasteiger partial charge in [0.15, 0.2) is 5.78 Å². The van der Waals surface area contributed by atoms with Gasteiger partial charge in [-0.1, -0.05) is 18.2 Å². The summed E-state index contributed by atoms with van der Waals surface area (Å²) in [4.78, 5) is 26.5. The van der Waals surface area contributed by atoms with Crippen LogP contribution in [0.2, 0.25) is 0 Å². The van der Waals surface area contributed by atoms with E-state index in [-0.39, 0.29) is 17.7 Å². The maximum absolute atomic E-state index is 12.3. The van der Waals surface area contributed by atoms with E-state index < -0.39 is 0 Å². The highest BCUT2D eigenvalue weighted by atomic mass is 16.2. The molecule has 1 atom stereocenters. The molecule has 0 unspecified atom stereocenters. The summed E-state index contributed by atoms with van der Waals surface area (Å²) in [6.45, 7) is 3.47. The maximum atomic E-state index is 12.3. The summed E-state index contributed by atoms with van der Waals surface area (Å²) in [6.07, 6.45) is 6.37. The molecule has 1 amide bonds. The molecule has 0 saturated carbocycles. The zero-order valence-electron chi connectivity index (χ0n) is 13.6. The van der Waals surface area contributed by atoms with Crippen LogP contribution in [0.4, 0.5) is 0 Å². The molecule has 4 nitrogen and oxygen atoms in total. The standard InChI is InChI=1S/C19H22N2O2/c1-12(15-8-7-14-5-3-4-6-16(14)9-15)21-19(23)18-10-17(11-20-18)13(2)22/h7-12,20H,3-6H2,1-2H3,(H,21,23)/t12-/m1/s1. The van der Waals surface area contributed by atoms with Crippen LogP contribution in [0, 0.1) is 0 Å². The third-order valence-electron chi connectivity index (χ3n) is 4.55. The van der Waals surface area contributed by atoms with Gasteiger partial charge >= 0.3 is 0 Å². The van der Waals surface area contributed by atoms with E-state index >= 15 is 0 Å². The smallest absolute Gasteiger partial charge is 0.268 e. The van der Waals surface area contributed by atoms with Crippen molar-refractivity contribution in [2.45, 2.75) is 45.6 Å². The van der Waals surface area contributed by atoms with Crippen LogP contribution in [0.5, 0.6) is 0 Å². The molecule has 2 N–H and O–H groups in total. The van der Waals surface area contributed by atoms with Crippen molar-refractivity contribution in [3.8, 4) is 0 Å². The molecular weight excluding hydrogens is 288 g/mol. The van der Waals surface area contributed by atoms with E-state index in [2.05, 4.69) is 28.5 Å². The number of carbonyl (C=O) groups is 2. The predicted octanol–water partition coefficient (Wildman–Crippen LogP) is 3.59. The highest BCUT2D eigenvalue weighted by molar-refractivity contribution is 5.99. The van der Waals surface area contributed by atoms with Crippen molar-refractivity contribution in [3.63, 3.8) is 0 Å². The number of benzene rings is 1. The lowest BCUT2D eigenvalue weighted by Crippen LogP contribution is -2.27. The Morgan fingerprint density at radius 1 is 1.13 bits per heavy atom. The Bertz CT molecular complexity index is 746. The fourth-order valence-electron chi connectivity index (χ4n) is 3.11. The van der Waals surface area contributed by atoms with Crippen LogP contribution in [-0.4, -0.2) is 16.7 Å². The molecule has 1 aliphatic rings. The van der Waals surface area contributed by atoms with Crippen molar-refractivity contribution < 1.29 is 9.59 Å². The molecule has 0 aliphatic heterocycles. The van der Waals surface area contributed by atoms with E-state index in [9.17, 15) is 9.59 Å². The normalized spacial score (nSPS) is 14.9. The lowest BCUT2D eigenvalue weighted by atomic mass is 9.89. The molecule has 0 bridgehead atoms. The van der Waals surface area contributed by atoms with Gasteiger partial charge in [-0.2, -0.15) is 0 Å². The second-order valence-electron chi connectivity index (χ2n) is 6.29. The Morgan fingerprint density at radius 3 is 2.57 bits per heavy atom. The van der Waals surface area contributed by atoms with Crippen LogP contribution in [0.1, 0.15) is 70.3 Å². The van der Waals surface area contributed by atoms with E-state index in [1.54, 1.807) is 12.3 Å². The summed E-state index contributed by atoms with van der Waals surface area (Å²) >= 11 is 0. The van der Waals surface area contributed by atoms with Crippen LogP contribution in [0.15, 0.2) is 30.5 Å². The lowest BCUT2D eigenvalue weighted by Gasteiger charge is -2.20. The van der Waals surface area contributed by atoms with Gasteiger partial charge in [0.2, 0.25) is 0 Å². The number of H-pyrrole nitrogens is 1. The summed E-state index contributed by atoms with van der Waals surface area (Å²) < 4.78 is 0. The molecule has 0 saturated heterocycles. The molecular formula is C19H22N2O2. The molecule has 3 rings (SSSR count). The topological polar surface area (TPSA) is 62.0 Å². The van der Waals surface area contributed by atoms with E-state index in [1.165, 1.54) is 30.9 Å². The molecule has 1 aromatic carbocycles. The van der Waals surface area contributed by atoms with E-state index in [0.717, 1.165) is 18.4 Å². The monoisotopic (exact) mass is 310 g/mol.